The number of halogens is 2. The molecule has 7 rings (SSSR count). The Labute approximate surface area is 263 Å². The maximum Gasteiger partial charge on any atom is 0.230 e. The van der Waals surface area contributed by atoms with Gasteiger partial charge in [0.25, 0.3) is 0 Å². The van der Waals surface area contributed by atoms with Crippen molar-refractivity contribution in [3.8, 4) is 11.6 Å². The van der Waals surface area contributed by atoms with Gasteiger partial charge in [-0.3, -0.25) is 4.90 Å². The van der Waals surface area contributed by atoms with E-state index in [4.69, 9.17) is 26.4 Å². The lowest BCUT2D eigenvalue weighted by molar-refractivity contribution is 0.211. The van der Waals surface area contributed by atoms with Crippen LogP contribution in [0.5, 0.6) is 11.6 Å². The van der Waals surface area contributed by atoms with Crippen molar-refractivity contribution >= 4 is 44.4 Å². The van der Waals surface area contributed by atoms with Crippen molar-refractivity contribution < 1.29 is 14.2 Å². The SMILES string of the molecule is COc1ccc2cc([C@H](C)c3nc4sc([C@H](c5ccc(Cl)cc5)N5CCN(c6ccc(F)cc6)CC5)c(O)n4n3)ccc2c1. The van der Waals surface area contributed by atoms with Crippen molar-refractivity contribution in [1.82, 2.24) is 19.5 Å². The summed E-state index contributed by atoms with van der Waals surface area (Å²) in [5, 5.41) is 19.2. The molecule has 6 aromatic rings. The van der Waals surface area contributed by atoms with Crippen LogP contribution in [-0.2, 0) is 0 Å². The third kappa shape index (κ3) is 5.36. The van der Waals surface area contributed by atoms with Crippen LogP contribution in [0.1, 0.15) is 40.7 Å². The van der Waals surface area contributed by atoms with Gasteiger partial charge >= 0.3 is 0 Å². The average molecular weight is 628 g/mol. The molecule has 1 aliphatic heterocycles. The summed E-state index contributed by atoms with van der Waals surface area (Å²) in [7, 11) is 1.67. The minimum atomic E-state index is -0.238. The van der Waals surface area contributed by atoms with Gasteiger partial charge in [0, 0.05) is 42.8 Å². The molecule has 3 heterocycles. The summed E-state index contributed by atoms with van der Waals surface area (Å²) in [6, 6.07) is 26.6. The van der Waals surface area contributed by atoms with Gasteiger partial charge in [0.15, 0.2) is 5.82 Å². The second kappa shape index (κ2) is 11.7. The number of ether oxygens (including phenoxy) is 1. The fraction of sp³-hybridized carbons (Fsp3) is 0.235. The van der Waals surface area contributed by atoms with E-state index in [2.05, 4.69) is 41.0 Å². The zero-order chi connectivity index (χ0) is 30.4. The molecule has 0 bridgehead atoms. The van der Waals surface area contributed by atoms with Gasteiger partial charge in [-0.2, -0.15) is 4.52 Å². The van der Waals surface area contributed by atoms with Crippen molar-refractivity contribution in [3.05, 3.63) is 118 Å². The monoisotopic (exact) mass is 627 g/mol. The normalized spacial score (nSPS) is 15.6. The number of benzene rings is 4. The van der Waals surface area contributed by atoms with Gasteiger partial charge in [0.1, 0.15) is 11.6 Å². The molecule has 2 atom stereocenters. The van der Waals surface area contributed by atoms with Gasteiger partial charge in [-0.15, -0.1) is 5.10 Å². The molecule has 10 heteroatoms. The Bertz CT molecular complexity index is 1930. The number of piperazine rings is 1. The number of aromatic hydroxyl groups is 1. The lowest BCUT2D eigenvalue weighted by Gasteiger charge is -2.40. The minimum absolute atomic E-state index is 0.0666. The molecule has 44 heavy (non-hydrogen) atoms. The van der Waals surface area contributed by atoms with E-state index in [0.717, 1.165) is 64.4 Å². The number of hydrogen-bond acceptors (Lipinski definition) is 7. The predicted molar refractivity (Wildman–Crippen MR) is 174 cm³/mol. The van der Waals surface area contributed by atoms with E-state index in [1.807, 2.05) is 48.5 Å². The Balaban J connectivity index is 1.18. The van der Waals surface area contributed by atoms with Crippen molar-refractivity contribution in [2.45, 2.75) is 18.9 Å². The van der Waals surface area contributed by atoms with Crippen LogP contribution in [0.25, 0.3) is 15.7 Å². The zero-order valence-corrected chi connectivity index (χ0v) is 25.9. The first-order chi connectivity index (χ1) is 21.4. The minimum Gasteiger partial charge on any atom is -0.497 e. The highest BCUT2D eigenvalue weighted by molar-refractivity contribution is 7.17. The van der Waals surface area contributed by atoms with Gasteiger partial charge in [-0.1, -0.05) is 66.3 Å². The molecule has 1 fully saturated rings. The quantitative estimate of drug-likeness (QED) is 0.198. The first kappa shape index (κ1) is 28.6. The predicted octanol–water partition coefficient (Wildman–Crippen LogP) is 7.51. The van der Waals surface area contributed by atoms with Crippen molar-refractivity contribution in [1.29, 1.82) is 0 Å². The van der Waals surface area contributed by atoms with Crippen LogP contribution in [-0.4, -0.2) is 57.9 Å². The van der Waals surface area contributed by atoms with E-state index >= 15 is 0 Å². The Morgan fingerprint density at radius 3 is 2.27 bits per heavy atom. The van der Waals surface area contributed by atoms with E-state index in [1.165, 1.54) is 23.5 Å². The maximum absolute atomic E-state index is 13.5. The number of methoxy groups -OCH3 is 1. The van der Waals surface area contributed by atoms with Crippen molar-refractivity contribution in [3.63, 3.8) is 0 Å². The molecule has 0 spiro atoms. The number of rotatable bonds is 7. The summed E-state index contributed by atoms with van der Waals surface area (Å²) in [5.74, 6) is 1.28. The summed E-state index contributed by atoms with van der Waals surface area (Å²) < 4.78 is 20.4. The van der Waals surface area contributed by atoms with Crippen LogP contribution in [0.2, 0.25) is 5.02 Å². The molecule has 224 valence electrons. The largest absolute Gasteiger partial charge is 0.497 e. The lowest BCUT2D eigenvalue weighted by Crippen LogP contribution is -2.47. The Morgan fingerprint density at radius 2 is 1.57 bits per heavy atom. The number of hydrogen-bond donors (Lipinski definition) is 1. The van der Waals surface area contributed by atoms with Crippen LogP contribution in [0.4, 0.5) is 10.1 Å². The van der Waals surface area contributed by atoms with Crippen LogP contribution in [0, 0.1) is 5.82 Å². The molecule has 0 unspecified atom stereocenters. The van der Waals surface area contributed by atoms with Gasteiger partial charge in [0.05, 0.1) is 18.0 Å². The van der Waals surface area contributed by atoms with Gasteiger partial charge in [-0.25, -0.2) is 9.37 Å². The van der Waals surface area contributed by atoms with Crippen LogP contribution < -0.4 is 9.64 Å². The third-order valence-electron chi connectivity index (χ3n) is 8.48. The maximum atomic E-state index is 13.5. The van der Waals surface area contributed by atoms with Crippen LogP contribution in [0.15, 0.2) is 84.9 Å². The first-order valence-electron chi connectivity index (χ1n) is 14.5. The van der Waals surface area contributed by atoms with Crippen molar-refractivity contribution in [2.24, 2.45) is 0 Å². The zero-order valence-electron chi connectivity index (χ0n) is 24.3. The molecule has 2 aromatic heterocycles. The average Bonchev–Trinajstić information content (AvgIpc) is 3.61. The van der Waals surface area contributed by atoms with E-state index in [9.17, 15) is 9.50 Å². The molecule has 1 saturated heterocycles. The Morgan fingerprint density at radius 1 is 0.886 bits per heavy atom. The first-order valence-corrected chi connectivity index (χ1v) is 15.7. The third-order valence-corrected chi connectivity index (χ3v) is 9.80. The molecule has 4 aromatic carbocycles. The fourth-order valence-electron chi connectivity index (χ4n) is 5.98. The number of thiazole rings is 1. The molecule has 0 radical (unpaired) electrons. The summed E-state index contributed by atoms with van der Waals surface area (Å²) in [5.41, 5.74) is 3.13. The molecule has 0 amide bonds. The highest BCUT2D eigenvalue weighted by atomic mass is 35.5. The van der Waals surface area contributed by atoms with E-state index in [1.54, 1.807) is 11.6 Å². The fourth-order valence-corrected chi connectivity index (χ4v) is 7.23. The Kier molecular flexibility index (Phi) is 7.62. The highest BCUT2D eigenvalue weighted by Gasteiger charge is 2.32. The molecule has 1 N–H and O–H groups in total. The van der Waals surface area contributed by atoms with E-state index < -0.39 is 0 Å². The molecule has 0 aliphatic carbocycles. The number of aromatic nitrogens is 3. The van der Waals surface area contributed by atoms with Gasteiger partial charge in [-0.05, 0) is 70.4 Å². The summed E-state index contributed by atoms with van der Waals surface area (Å²) in [4.78, 5) is 10.9. The topological polar surface area (TPSA) is 66.1 Å². The van der Waals surface area contributed by atoms with Crippen LogP contribution >= 0.6 is 22.9 Å². The second-order valence-corrected chi connectivity index (χ2v) is 12.5. The summed E-state index contributed by atoms with van der Waals surface area (Å²) >= 11 is 7.70. The number of nitrogens with zero attached hydrogens (tertiary/aromatic N) is 5. The highest BCUT2D eigenvalue weighted by Crippen LogP contribution is 2.41. The van der Waals surface area contributed by atoms with E-state index in [-0.39, 0.29) is 23.7 Å². The van der Waals surface area contributed by atoms with Crippen molar-refractivity contribution in [2.75, 3.05) is 38.2 Å². The van der Waals surface area contributed by atoms with Gasteiger partial charge < -0.3 is 14.7 Å². The molecule has 7 nitrogen and oxygen atoms in total. The standard InChI is InChI=1S/C34H31ClFN5O2S/c1-21(23-3-4-25-20-29(43-2)14-7-24(25)19-23)32-37-34-41(38-32)33(42)31(44-34)30(22-5-8-26(35)9-6-22)40-17-15-39(16-18-40)28-12-10-27(36)11-13-28/h3-14,19-21,30,42H,15-18H2,1-2H3/t21-,30-/m0/s1. The Hall–Kier alpha value is -4.18. The molecule has 1 aliphatic rings. The molecular weight excluding hydrogens is 597 g/mol. The second-order valence-electron chi connectivity index (χ2n) is 11.1. The number of anilines is 1. The van der Waals surface area contributed by atoms with Crippen LogP contribution in [0.3, 0.4) is 0 Å². The summed E-state index contributed by atoms with van der Waals surface area (Å²) in [6.45, 7) is 5.15. The van der Waals surface area contributed by atoms with Gasteiger partial charge in [0.2, 0.25) is 10.8 Å². The molecular formula is C34H31ClFN5O2S. The smallest absolute Gasteiger partial charge is 0.230 e. The van der Waals surface area contributed by atoms with E-state index in [0.29, 0.717) is 15.8 Å². The lowest BCUT2D eigenvalue weighted by atomic mass is 9.97. The summed E-state index contributed by atoms with van der Waals surface area (Å²) in [6.07, 6.45) is 0. The molecule has 0 saturated carbocycles. The number of fused-ring (bicyclic) bond motifs is 2.